The molecule has 140 valence electrons. The summed E-state index contributed by atoms with van der Waals surface area (Å²) in [5.74, 6) is -0.0527. The first-order valence-corrected chi connectivity index (χ1v) is 9.29. The SMILES string of the molecule is CN(C)c1cccc(C(=O)NC[C@H]2CCCN2c2nc3ccccc3o2)c1. The minimum atomic E-state index is -0.0527. The van der Waals surface area contributed by atoms with Crippen molar-refractivity contribution in [3.8, 4) is 0 Å². The van der Waals surface area contributed by atoms with Gasteiger partial charge in [0.05, 0.1) is 6.04 Å². The number of nitrogens with one attached hydrogen (secondary N) is 1. The summed E-state index contributed by atoms with van der Waals surface area (Å²) >= 11 is 0. The molecule has 0 radical (unpaired) electrons. The number of hydrogen-bond donors (Lipinski definition) is 1. The van der Waals surface area contributed by atoms with Crippen LogP contribution in [0.5, 0.6) is 0 Å². The van der Waals surface area contributed by atoms with Gasteiger partial charge in [0, 0.05) is 38.4 Å². The number of oxazole rings is 1. The van der Waals surface area contributed by atoms with E-state index in [2.05, 4.69) is 15.2 Å². The van der Waals surface area contributed by atoms with E-state index in [0.717, 1.165) is 36.2 Å². The van der Waals surface area contributed by atoms with Gasteiger partial charge in [0.1, 0.15) is 5.52 Å². The van der Waals surface area contributed by atoms with Gasteiger partial charge in [-0.15, -0.1) is 0 Å². The average molecular weight is 364 g/mol. The highest BCUT2D eigenvalue weighted by molar-refractivity contribution is 5.95. The Labute approximate surface area is 158 Å². The van der Waals surface area contributed by atoms with Crippen molar-refractivity contribution in [2.75, 3.05) is 37.0 Å². The molecule has 1 aliphatic heterocycles. The van der Waals surface area contributed by atoms with Gasteiger partial charge < -0.3 is 19.5 Å². The summed E-state index contributed by atoms with van der Waals surface area (Å²) in [6.45, 7) is 1.47. The van der Waals surface area contributed by atoms with Gasteiger partial charge in [0.25, 0.3) is 11.9 Å². The van der Waals surface area contributed by atoms with Gasteiger partial charge in [-0.2, -0.15) is 4.98 Å². The van der Waals surface area contributed by atoms with E-state index in [9.17, 15) is 4.79 Å². The summed E-state index contributed by atoms with van der Waals surface area (Å²) in [5.41, 5.74) is 3.34. The van der Waals surface area contributed by atoms with Crippen LogP contribution in [0.2, 0.25) is 0 Å². The zero-order valence-electron chi connectivity index (χ0n) is 15.7. The van der Waals surface area contributed by atoms with Crippen molar-refractivity contribution >= 4 is 28.7 Å². The molecule has 1 atom stereocenters. The van der Waals surface area contributed by atoms with Gasteiger partial charge in [-0.3, -0.25) is 4.79 Å². The standard InChI is InChI=1S/C21H24N4O2/c1-24(2)16-8-5-7-15(13-16)20(26)22-14-17-9-6-12-25(17)21-23-18-10-3-4-11-19(18)27-21/h3-5,7-8,10-11,13,17H,6,9,12,14H2,1-2H3,(H,22,26)/t17-/m1/s1. The molecule has 1 amide bonds. The van der Waals surface area contributed by atoms with E-state index in [4.69, 9.17) is 4.42 Å². The lowest BCUT2D eigenvalue weighted by molar-refractivity contribution is 0.0951. The number of aromatic nitrogens is 1. The Kier molecular flexibility index (Phi) is 4.71. The maximum absolute atomic E-state index is 12.6. The van der Waals surface area contributed by atoms with Crippen LogP contribution in [-0.4, -0.2) is 44.1 Å². The zero-order chi connectivity index (χ0) is 18.8. The van der Waals surface area contributed by atoms with Gasteiger partial charge >= 0.3 is 0 Å². The van der Waals surface area contributed by atoms with E-state index in [1.54, 1.807) is 0 Å². The van der Waals surface area contributed by atoms with Crippen molar-refractivity contribution < 1.29 is 9.21 Å². The lowest BCUT2D eigenvalue weighted by Crippen LogP contribution is -2.40. The molecule has 2 aromatic carbocycles. The molecule has 3 aromatic rings. The van der Waals surface area contributed by atoms with Gasteiger partial charge in [0.2, 0.25) is 0 Å². The molecule has 0 spiro atoms. The van der Waals surface area contributed by atoms with Crippen LogP contribution < -0.4 is 15.1 Å². The number of hydrogen-bond acceptors (Lipinski definition) is 5. The lowest BCUT2D eigenvalue weighted by Gasteiger charge is -2.23. The Hall–Kier alpha value is -3.02. The fourth-order valence-corrected chi connectivity index (χ4v) is 3.52. The normalized spacial score (nSPS) is 16.7. The van der Waals surface area contributed by atoms with E-state index in [-0.39, 0.29) is 11.9 Å². The van der Waals surface area contributed by atoms with Crippen LogP contribution in [0.25, 0.3) is 11.1 Å². The van der Waals surface area contributed by atoms with Gasteiger partial charge in [0.15, 0.2) is 5.58 Å². The molecule has 1 N–H and O–H groups in total. The Morgan fingerprint density at radius 1 is 1.26 bits per heavy atom. The van der Waals surface area contributed by atoms with Crippen molar-refractivity contribution in [3.63, 3.8) is 0 Å². The zero-order valence-corrected chi connectivity index (χ0v) is 15.7. The molecule has 2 heterocycles. The fourth-order valence-electron chi connectivity index (χ4n) is 3.52. The Balaban J connectivity index is 1.44. The summed E-state index contributed by atoms with van der Waals surface area (Å²) in [4.78, 5) is 21.3. The number of rotatable bonds is 5. The average Bonchev–Trinajstić information content (AvgIpc) is 3.32. The number of carbonyl (C=O) groups excluding carboxylic acids is 1. The highest BCUT2D eigenvalue weighted by atomic mass is 16.4. The van der Waals surface area contributed by atoms with E-state index >= 15 is 0 Å². The van der Waals surface area contributed by atoms with E-state index in [0.29, 0.717) is 18.1 Å². The molecule has 1 fully saturated rings. The molecule has 6 heteroatoms. The van der Waals surface area contributed by atoms with Crippen molar-refractivity contribution in [1.29, 1.82) is 0 Å². The number of nitrogens with zero attached hydrogens (tertiary/aromatic N) is 3. The first-order chi connectivity index (χ1) is 13.1. The third-order valence-corrected chi connectivity index (χ3v) is 5.03. The van der Waals surface area contributed by atoms with Crippen LogP contribution in [0.1, 0.15) is 23.2 Å². The molecule has 0 bridgehead atoms. The fraction of sp³-hybridized carbons (Fsp3) is 0.333. The molecule has 6 nitrogen and oxygen atoms in total. The Morgan fingerprint density at radius 3 is 2.93 bits per heavy atom. The van der Waals surface area contributed by atoms with Crippen LogP contribution >= 0.6 is 0 Å². The summed E-state index contributed by atoms with van der Waals surface area (Å²) in [6, 6.07) is 16.3. The number of anilines is 2. The predicted octanol–water partition coefficient (Wildman–Crippen LogP) is 3.29. The number of para-hydroxylation sites is 2. The molecular weight excluding hydrogens is 340 g/mol. The lowest BCUT2D eigenvalue weighted by atomic mass is 10.1. The molecule has 0 unspecified atom stereocenters. The summed E-state index contributed by atoms with van der Waals surface area (Å²) in [6.07, 6.45) is 2.08. The Bertz CT molecular complexity index is 917. The number of carbonyl (C=O) groups is 1. The monoisotopic (exact) mass is 364 g/mol. The first kappa shape index (κ1) is 17.4. The van der Waals surface area contributed by atoms with Crippen LogP contribution in [0.15, 0.2) is 52.9 Å². The quantitative estimate of drug-likeness (QED) is 0.753. The minimum Gasteiger partial charge on any atom is -0.423 e. The third-order valence-electron chi connectivity index (χ3n) is 5.03. The van der Waals surface area contributed by atoms with Gasteiger partial charge in [-0.25, -0.2) is 0 Å². The Morgan fingerprint density at radius 2 is 2.11 bits per heavy atom. The minimum absolute atomic E-state index is 0.0527. The predicted molar refractivity (Wildman–Crippen MR) is 107 cm³/mol. The summed E-state index contributed by atoms with van der Waals surface area (Å²) in [5, 5.41) is 3.07. The topological polar surface area (TPSA) is 61.6 Å². The van der Waals surface area contributed by atoms with Crippen molar-refractivity contribution in [2.24, 2.45) is 0 Å². The van der Waals surface area contributed by atoms with Crippen LogP contribution in [0.4, 0.5) is 11.7 Å². The second-order valence-electron chi connectivity index (χ2n) is 7.11. The molecule has 4 rings (SSSR count). The number of amides is 1. The smallest absolute Gasteiger partial charge is 0.298 e. The van der Waals surface area contributed by atoms with Gasteiger partial charge in [-0.05, 0) is 43.2 Å². The van der Waals surface area contributed by atoms with E-state index in [1.807, 2.05) is 67.5 Å². The molecule has 1 saturated heterocycles. The van der Waals surface area contributed by atoms with E-state index in [1.165, 1.54) is 0 Å². The first-order valence-electron chi connectivity index (χ1n) is 9.29. The number of benzene rings is 2. The second-order valence-corrected chi connectivity index (χ2v) is 7.11. The maximum atomic E-state index is 12.6. The molecule has 0 aliphatic carbocycles. The summed E-state index contributed by atoms with van der Waals surface area (Å²) < 4.78 is 5.91. The van der Waals surface area contributed by atoms with Crippen LogP contribution in [0.3, 0.4) is 0 Å². The van der Waals surface area contributed by atoms with E-state index < -0.39 is 0 Å². The van der Waals surface area contributed by atoms with Crippen molar-refractivity contribution in [1.82, 2.24) is 10.3 Å². The molecule has 1 aliphatic rings. The maximum Gasteiger partial charge on any atom is 0.298 e. The molecular formula is C21H24N4O2. The third kappa shape index (κ3) is 3.60. The summed E-state index contributed by atoms with van der Waals surface area (Å²) in [7, 11) is 3.93. The van der Waals surface area contributed by atoms with Crippen LogP contribution in [-0.2, 0) is 0 Å². The highest BCUT2D eigenvalue weighted by Gasteiger charge is 2.28. The number of fused-ring (bicyclic) bond motifs is 1. The van der Waals surface area contributed by atoms with Crippen molar-refractivity contribution in [2.45, 2.75) is 18.9 Å². The highest BCUT2D eigenvalue weighted by Crippen LogP contribution is 2.28. The largest absolute Gasteiger partial charge is 0.423 e. The molecule has 27 heavy (non-hydrogen) atoms. The molecule has 1 aromatic heterocycles. The van der Waals surface area contributed by atoms with Crippen molar-refractivity contribution in [3.05, 3.63) is 54.1 Å². The van der Waals surface area contributed by atoms with Crippen LogP contribution in [0, 0.1) is 0 Å². The molecule has 0 saturated carbocycles. The van der Waals surface area contributed by atoms with Gasteiger partial charge in [-0.1, -0.05) is 18.2 Å². The second kappa shape index (κ2) is 7.31.